The molecule has 2 fully saturated rings. The van der Waals surface area contributed by atoms with Gasteiger partial charge in [-0.3, -0.25) is 19.4 Å². The zero-order valence-electron chi connectivity index (χ0n) is 36.5. The number of esters is 3. The molecule has 2 N–H and O–H groups in total. The van der Waals surface area contributed by atoms with Gasteiger partial charge in [0.2, 0.25) is 5.60 Å². The van der Waals surface area contributed by atoms with Gasteiger partial charge in [-0.25, -0.2) is 4.79 Å². The lowest BCUT2D eigenvalue weighted by Crippen LogP contribution is -2.81. The molecule has 9 rings (SSSR count). The molecule has 12 nitrogen and oxygen atoms in total. The third kappa shape index (κ3) is 4.80. The first kappa shape index (κ1) is 34.4. The molecule has 2 aromatic carbocycles. The van der Waals surface area contributed by atoms with Crippen molar-refractivity contribution in [1.82, 2.24) is 14.8 Å². The van der Waals surface area contributed by atoms with E-state index in [1.165, 1.54) is 26.7 Å². The van der Waals surface area contributed by atoms with Gasteiger partial charge in [0, 0.05) is 90.9 Å². The van der Waals surface area contributed by atoms with Gasteiger partial charge in [0.25, 0.3) is 0 Å². The Labute approximate surface area is 338 Å². The molecule has 2 bridgehead atoms. The predicted molar refractivity (Wildman–Crippen MR) is 214 cm³/mol. The first-order valence-corrected chi connectivity index (χ1v) is 20.1. The highest BCUT2D eigenvalue weighted by Gasteiger charge is 2.80. The number of hydrogen-bond acceptors (Lipinski definition) is 11. The summed E-state index contributed by atoms with van der Waals surface area (Å²) in [6.07, 6.45) is 6.85. The second kappa shape index (κ2) is 13.2. The number of fused-ring (bicyclic) bond motifs is 6. The number of ether oxygens (including phenoxy) is 4. The van der Waals surface area contributed by atoms with E-state index in [-0.39, 0.29) is 18.4 Å². The smallest absolute Gasteiger partial charge is 0.344 e. The van der Waals surface area contributed by atoms with Crippen molar-refractivity contribution in [3.63, 3.8) is 0 Å². The van der Waals surface area contributed by atoms with Crippen molar-refractivity contribution in [1.29, 1.82) is 0 Å². The number of rotatable bonds is 7. The summed E-state index contributed by atoms with van der Waals surface area (Å²) < 4.78 is 48.3. The fourth-order valence-electron chi connectivity index (χ4n) is 12.8. The van der Waals surface area contributed by atoms with Gasteiger partial charge in [-0.1, -0.05) is 55.8 Å². The summed E-state index contributed by atoms with van der Waals surface area (Å²) in [6, 6.07) is 10.3. The first-order chi connectivity index (χ1) is 28.5. The average Bonchev–Trinajstić information content (AvgIpc) is 3.86. The predicted octanol–water partition coefficient (Wildman–Crippen LogP) is 4.75. The molecule has 1 saturated heterocycles. The van der Waals surface area contributed by atoms with Crippen molar-refractivity contribution in [3.8, 4) is 5.75 Å². The molecule has 1 spiro atoms. The number of nitrogens with one attached hydrogen (secondary N) is 1. The molecule has 302 valence electrons. The second-order valence-electron chi connectivity index (χ2n) is 17.1. The van der Waals surface area contributed by atoms with Crippen molar-refractivity contribution in [2.75, 3.05) is 59.4 Å². The third-order valence-electron chi connectivity index (χ3n) is 14.7. The number of aromatic nitrogens is 1. The number of aliphatic hydroxyl groups is 1. The molecule has 6 aliphatic rings. The molecule has 6 heterocycles. The minimum absolute atomic E-state index is 0.168. The maximum atomic E-state index is 15.5. The molecule has 5 aliphatic heterocycles. The number of carbonyl (C=O) groups is 3. The van der Waals surface area contributed by atoms with Crippen LogP contribution in [-0.4, -0.2) is 116 Å². The lowest BCUT2D eigenvalue weighted by Gasteiger charge is -2.63. The van der Waals surface area contributed by atoms with E-state index in [4.69, 9.17) is 23.1 Å². The van der Waals surface area contributed by atoms with Crippen LogP contribution in [0.5, 0.6) is 5.75 Å². The summed E-state index contributed by atoms with van der Waals surface area (Å²) in [5.41, 5.74) is -0.837. The molecule has 1 aliphatic carbocycles. The number of hydrogen-bond donors (Lipinski definition) is 2. The Morgan fingerprint density at radius 3 is 2.58 bits per heavy atom. The Kier molecular flexibility index (Phi) is 7.96. The maximum absolute atomic E-state index is 15.5. The van der Waals surface area contributed by atoms with Crippen LogP contribution < -0.4 is 9.64 Å². The van der Waals surface area contributed by atoms with Crippen molar-refractivity contribution >= 4 is 34.5 Å². The van der Waals surface area contributed by atoms with Crippen molar-refractivity contribution in [2.24, 2.45) is 11.3 Å². The highest BCUT2D eigenvalue weighted by Crippen LogP contribution is 2.68. The van der Waals surface area contributed by atoms with Gasteiger partial charge in [0.05, 0.1) is 31.4 Å². The number of methoxy groups -OCH3 is 3. The molecular formula is C45H54N4O8. The Bertz CT molecular complexity index is 2360. The summed E-state index contributed by atoms with van der Waals surface area (Å²) in [5, 5.41) is 14.2. The summed E-state index contributed by atoms with van der Waals surface area (Å²) in [4.78, 5) is 53.1. The quantitative estimate of drug-likeness (QED) is 0.196. The molecule has 12 heteroatoms. The molecule has 3 aromatic rings. The zero-order valence-corrected chi connectivity index (χ0v) is 33.5. The van der Waals surface area contributed by atoms with Gasteiger partial charge in [0.15, 0.2) is 6.10 Å². The molecule has 0 radical (unpaired) electrons. The number of para-hydroxylation sites is 1. The lowest BCUT2D eigenvalue weighted by molar-refractivity contribution is -0.228. The minimum Gasteiger partial charge on any atom is -0.496 e. The van der Waals surface area contributed by atoms with Crippen LogP contribution in [0.15, 0.2) is 60.2 Å². The highest BCUT2D eigenvalue weighted by molar-refractivity contribution is 5.95. The Morgan fingerprint density at radius 1 is 1.05 bits per heavy atom. The van der Waals surface area contributed by atoms with Crippen LogP contribution >= 0.6 is 0 Å². The molecule has 9 atom stereocenters. The van der Waals surface area contributed by atoms with Crippen LogP contribution in [0.25, 0.3) is 10.9 Å². The third-order valence-corrected chi connectivity index (χ3v) is 14.7. The van der Waals surface area contributed by atoms with Crippen molar-refractivity contribution < 1.29 is 42.5 Å². The Morgan fingerprint density at radius 2 is 1.86 bits per heavy atom. The van der Waals surface area contributed by atoms with E-state index < -0.39 is 58.9 Å². The van der Waals surface area contributed by atoms with Crippen LogP contribution in [0, 0.1) is 11.3 Å². The van der Waals surface area contributed by atoms with E-state index in [1.54, 1.807) is 0 Å². The van der Waals surface area contributed by atoms with Crippen LogP contribution in [0.4, 0.5) is 5.69 Å². The van der Waals surface area contributed by atoms with E-state index in [2.05, 4.69) is 27.8 Å². The molecule has 2 unspecified atom stereocenters. The Hall–Kier alpha value is -4.65. The van der Waals surface area contributed by atoms with E-state index in [1.807, 2.05) is 67.4 Å². The van der Waals surface area contributed by atoms with Gasteiger partial charge < -0.3 is 33.9 Å². The number of nitrogens with zero attached hydrogens (tertiary/aromatic N) is 3. The van der Waals surface area contributed by atoms with Gasteiger partial charge in [-0.2, -0.15) is 0 Å². The fourth-order valence-corrected chi connectivity index (χ4v) is 12.8. The standard InChI is InChI=1S/C45H54N4O8/c1-8-27-19-28-22-44(40(51)55-6,36-30(25-48(23-27)24-28)29-13-10-11-14-33(29)46-36)32-20-31-34(21-35(32)54-5)47(4)38-43(31)16-18-49-17-12-15-42(9-2,37(43)49)39(57-26(3)50)45(38,53)41(52)56-7/h10-15,19-21,28,37-39,46,53H,8-9,16-18,22-25H2,1-7H3/t28?,37-,38+,39+,42+,43+,44-,45-/m0/s1/i6D3. The van der Waals surface area contributed by atoms with Crippen LogP contribution in [-0.2, 0) is 46.0 Å². The highest BCUT2D eigenvalue weighted by atomic mass is 16.6. The lowest BCUT2D eigenvalue weighted by atomic mass is 9.47. The first-order valence-electron chi connectivity index (χ1n) is 21.6. The molecule has 0 amide bonds. The number of benzene rings is 2. The van der Waals surface area contributed by atoms with Crippen molar-refractivity contribution in [2.45, 2.75) is 87.6 Å². The van der Waals surface area contributed by atoms with E-state index >= 15 is 4.79 Å². The average molecular weight is 782 g/mol. The van der Waals surface area contributed by atoms with Gasteiger partial charge in [0.1, 0.15) is 11.2 Å². The van der Waals surface area contributed by atoms with Gasteiger partial charge in [-0.05, 0) is 61.4 Å². The number of anilines is 1. The van der Waals surface area contributed by atoms with Crippen molar-refractivity contribution in [3.05, 3.63) is 82.6 Å². The van der Waals surface area contributed by atoms with Crippen LogP contribution in [0.2, 0.25) is 0 Å². The summed E-state index contributed by atoms with van der Waals surface area (Å²) in [7, 11) is 1.49. The Balaban J connectivity index is 1.38. The maximum Gasteiger partial charge on any atom is 0.344 e. The molecule has 57 heavy (non-hydrogen) atoms. The number of carbonyl (C=O) groups excluding carboxylic acids is 3. The number of aromatic amines is 1. The summed E-state index contributed by atoms with van der Waals surface area (Å²) in [6.45, 7) is 8.50. The monoisotopic (exact) mass is 781 g/mol. The van der Waals surface area contributed by atoms with E-state index in [0.717, 1.165) is 35.0 Å². The molecule has 1 saturated carbocycles. The number of likely N-dealkylation sites (N-methyl/N-ethyl adjacent to an activating group) is 1. The van der Waals surface area contributed by atoms with Crippen LogP contribution in [0.1, 0.15) is 73.0 Å². The zero-order chi connectivity index (χ0) is 42.7. The number of H-pyrrole nitrogens is 1. The normalized spacial score (nSPS) is 35.9. The van der Waals surface area contributed by atoms with Crippen LogP contribution in [0.3, 0.4) is 0 Å². The molecule has 1 aromatic heterocycles. The summed E-state index contributed by atoms with van der Waals surface area (Å²) in [5.74, 6) is -2.35. The SMILES string of the molecule is [2H]C([2H])([2H])OC(=O)[C@]1(c2cc3c(cc2OC)N(C)[C@H]2[C@@](O)(C(=O)OC)[C@H](OC(C)=O)[C@]4(CC)C=CCN5CC[C@]32[C@@H]54)CC2C=C(CC)CN(Cc3c1[nH]c1ccccc31)C2. The van der Waals surface area contributed by atoms with Gasteiger partial charge in [-0.15, -0.1) is 0 Å². The largest absolute Gasteiger partial charge is 0.496 e. The second-order valence-corrected chi connectivity index (χ2v) is 17.1. The molecular weight excluding hydrogens is 725 g/mol. The van der Waals surface area contributed by atoms with E-state index in [0.29, 0.717) is 61.7 Å². The summed E-state index contributed by atoms with van der Waals surface area (Å²) >= 11 is 0. The van der Waals surface area contributed by atoms with Gasteiger partial charge >= 0.3 is 17.9 Å². The topological polar surface area (TPSA) is 134 Å². The minimum atomic E-state index is -3.07. The fraction of sp³-hybridized carbons (Fsp3) is 0.533. The van der Waals surface area contributed by atoms with E-state index in [9.17, 15) is 14.7 Å².